The maximum atomic E-state index is 12.6. The smallest absolute Gasteiger partial charge is 0.393 e. The molecule has 2 unspecified atom stereocenters. The molecule has 1 rings (SSSR count). The Balaban J connectivity index is 2.56. The molecule has 102 valence electrons. The first kappa shape index (κ1) is 14.8. The van der Waals surface area contributed by atoms with Crippen LogP contribution in [0, 0.1) is 11.3 Å². The summed E-state index contributed by atoms with van der Waals surface area (Å²) in [5.41, 5.74) is -0.284. The van der Waals surface area contributed by atoms with Crippen molar-refractivity contribution in [1.29, 1.82) is 0 Å². The SMILES string of the molecule is CCC(C)(CO)CN1CCCC(C(F)(F)F)C1. The molecular formula is C12H22F3NO. The van der Waals surface area contributed by atoms with E-state index in [1.54, 1.807) is 0 Å². The van der Waals surface area contributed by atoms with Gasteiger partial charge in [0.15, 0.2) is 0 Å². The van der Waals surface area contributed by atoms with E-state index in [0.717, 1.165) is 6.42 Å². The number of aliphatic hydroxyl groups is 1. The lowest BCUT2D eigenvalue weighted by Gasteiger charge is -2.39. The van der Waals surface area contributed by atoms with Crippen molar-refractivity contribution >= 4 is 0 Å². The summed E-state index contributed by atoms with van der Waals surface area (Å²) in [6.07, 6.45) is -2.48. The van der Waals surface area contributed by atoms with Crippen molar-refractivity contribution in [2.75, 3.05) is 26.2 Å². The first-order valence-corrected chi connectivity index (χ1v) is 6.20. The van der Waals surface area contributed by atoms with E-state index in [2.05, 4.69) is 0 Å². The summed E-state index contributed by atoms with van der Waals surface area (Å²) in [4.78, 5) is 1.85. The molecule has 1 N–H and O–H groups in total. The molecule has 0 aromatic heterocycles. The summed E-state index contributed by atoms with van der Waals surface area (Å²) >= 11 is 0. The van der Waals surface area contributed by atoms with Gasteiger partial charge < -0.3 is 10.0 Å². The second-order valence-corrected chi connectivity index (χ2v) is 5.44. The van der Waals surface area contributed by atoms with Crippen LogP contribution in [0.3, 0.4) is 0 Å². The topological polar surface area (TPSA) is 23.5 Å². The summed E-state index contributed by atoms with van der Waals surface area (Å²) in [5.74, 6) is -1.20. The number of rotatable bonds is 4. The largest absolute Gasteiger partial charge is 0.396 e. The molecule has 2 atom stereocenters. The lowest BCUT2D eigenvalue weighted by molar-refractivity contribution is -0.188. The maximum absolute atomic E-state index is 12.6. The van der Waals surface area contributed by atoms with Crippen molar-refractivity contribution in [2.24, 2.45) is 11.3 Å². The van der Waals surface area contributed by atoms with Gasteiger partial charge in [-0.15, -0.1) is 0 Å². The molecule has 0 amide bonds. The molecule has 0 aliphatic carbocycles. The average molecular weight is 253 g/mol. The molecule has 1 saturated heterocycles. The Hall–Kier alpha value is -0.290. The third kappa shape index (κ3) is 4.14. The zero-order valence-electron chi connectivity index (χ0n) is 10.6. The van der Waals surface area contributed by atoms with Gasteiger partial charge in [0, 0.05) is 25.1 Å². The molecule has 1 aliphatic heterocycles. The second-order valence-electron chi connectivity index (χ2n) is 5.44. The Morgan fingerprint density at radius 3 is 2.47 bits per heavy atom. The lowest BCUT2D eigenvalue weighted by atomic mass is 9.86. The van der Waals surface area contributed by atoms with E-state index in [1.807, 2.05) is 18.7 Å². The Bertz CT molecular complexity index is 238. The van der Waals surface area contributed by atoms with Crippen LogP contribution in [0.4, 0.5) is 13.2 Å². The normalized spacial score (nSPS) is 26.8. The molecule has 0 spiro atoms. The van der Waals surface area contributed by atoms with Gasteiger partial charge in [-0.1, -0.05) is 13.8 Å². The van der Waals surface area contributed by atoms with Gasteiger partial charge in [-0.25, -0.2) is 0 Å². The van der Waals surface area contributed by atoms with E-state index in [1.165, 1.54) is 0 Å². The highest BCUT2D eigenvalue weighted by Crippen LogP contribution is 2.34. The fourth-order valence-corrected chi connectivity index (χ4v) is 2.28. The van der Waals surface area contributed by atoms with E-state index >= 15 is 0 Å². The first-order valence-electron chi connectivity index (χ1n) is 6.20. The van der Waals surface area contributed by atoms with E-state index in [4.69, 9.17) is 0 Å². The summed E-state index contributed by atoms with van der Waals surface area (Å²) in [7, 11) is 0. The van der Waals surface area contributed by atoms with Gasteiger partial charge in [-0.3, -0.25) is 0 Å². The molecule has 0 aromatic rings. The van der Waals surface area contributed by atoms with Crippen molar-refractivity contribution in [3.63, 3.8) is 0 Å². The zero-order chi connectivity index (χ0) is 13.1. The van der Waals surface area contributed by atoms with Crippen molar-refractivity contribution in [3.8, 4) is 0 Å². The fraction of sp³-hybridized carbons (Fsp3) is 1.00. The van der Waals surface area contributed by atoms with Crippen LogP contribution in [-0.4, -0.2) is 42.4 Å². The van der Waals surface area contributed by atoms with Crippen LogP contribution in [0.5, 0.6) is 0 Å². The van der Waals surface area contributed by atoms with E-state index in [0.29, 0.717) is 19.5 Å². The van der Waals surface area contributed by atoms with Crippen LogP contribution in [0.15, 0.2) is 0 Å². The Kier molecular flexibility index (Phi) is 4.84. The number of piperidine rings is 1. The minimum Gasteiger partial charge on any atom is -0.396 e. The number of nitrogens with zero attached hydrogens (tertiary/aromatic N) is 1. The molecular weight excluding hydrogens is 231 g/mol. The van der Waals surface area contributed by atoms with E-state index in [-0.39, 0.29) is 25.0 Å². The Morgan fingerprint density at radius 2 is 2.00 bits per heavy atom. The van der Waals surface area contributed by atoms with Gasteiger partial charge in [0.25, 0.3) is 0 Å². The highest BCUT2D eigenvalue weighted by Gasteiger charge is 2.42. The zero-order valence-corrected chi connectivity index (χ0v) is 10.6. The monoisotopic (exact) mass is 253 g/mol. The molecule has 0 saturated carbocycles. The molecule has 0 radical (unpaired) electrons. The minimum absolute atomic E-state index is 0.0245. The van der Waals surface area contributed by atoms with Crippen molar-refractivity contribution in [2.45, 2.75) is 39.3 Å². The van der Waals surface area contributed by atoms with Crippen LogP contribution in [-0.2, 0) is 0 Å². The highest BCUT2D eigenvalue weighted by molar-refractivity contribution is 4.83. The third-order valence-electron chi connectivity index (χ3n) is 3.81. The number of hydrogen-bond acceptors (Lipinski definition) is 2. The molecule has 2 nitrogen and oxygen atoms in total. The molecule has 1 aliphatic rings. The average Bonchev–Trinajstić information content (AvgIpc) is 2.28. The van der Waals surface area contributed by atoms with Crippen LogP contribution in [0.25, 0.3) is 0 Å². The molecule has 0 aromatic carbocycles. The second kappa shape index (κ2) is 5.57. The van der Waals surface area contributed by atoms with E-state index in [9.17, 15) is 18.3 Å². The third-order valence-corrected chi connectivity index (χ3v) is 3.81. The van der Waals surface area contributed by atoms with Crippen molar-refractivity contribution in [1.82, 2.24) is 4.90 Å². The highest BCUT2D eigenvalue weighted by atomic mass is 19.4. The quantitative estimate of drug-likeness (QED) is 0.832. The minimum atomic E-state index is -4.08. The molecule has 1 heterocycles. The summed E-state index contributed by atoms with van der Waals surface area (Å²) in [6, 6.07) is 0. The van der Waals surface area contributed by atoms with Crippen LogP contribution in [0.2, 0.25) is 0 Å². The van der Waals surface area contributed by atoms with Gasteiger partial charge in [0.2, 0.25) is 0 Å². The number of likely N-dealkylation sites (tertiary alicyclic amines) is 1. The van der Waals surface area contributed by atoms with E-state index < -0.39 is 12.1 Å². The van der Waals surface area contributed by atoms with Gasteiger partial charge in [0.1, 0.15) is 0 Å². The number of alkyl halides is 3. The van der Waals surface area contributed by atoms with Crippen molar-refractivity contribution < 1.29 is 18.3 Å². The fourth-order valence-electron chi connectivity index (χ4n) is 2.28. The molecule has 0 bridgehead atoms. The van der Waals surface area contributed by atoms with Gasteiger partial charge in [0.05, 0.1) is 5.92 Å². The molecule has 5 heteroatoms. The Labute approximate surface area is 101 Å². The summed E-state index contributed by atoms with van der Waals surface area (Å²) in [6.45, 7) is 5.25. The van der Waals surface area contributed by atoms with Gasteiger partial charge in [-0.05, 0) is 25.8 Å². The molecule has 17 heavy (non-hydrogen) atoms. The van der Waals surface area contributed by atoms with Gasteiger partial charge >= 0.3 is 6.18 Å². The maximum Gasteiger partial charge on any atom is 0.393 e. The Morgan fingerprint density at radius 1 is 1.35 bits per heavy atom. The summed E-state index contributed by atoms with van der Waals surface area (Å²) in [5, 5.41) is 9.29. The first-order chi connectivity index (χ1) is 7.80. The predicted octanol–water partition coefficient (Wildman–Crippen LogP) is 2.67. The summed E-state index contributed by atoms with van der Waals surface area (Å²) < 4.78 is 37.9. The number of aliphatic hydroxyl groups excluding tert-OH is 1. The van der Waals surface area contributed by atoms with Crippen molar-refractivity contribution in [3.05, 3.63) is 0 Å². The van der Waals surface area contributed by atoms with Crippen LogP contribution >= 0.6 is 0 Å². The van der Waals surface area contributed by atoms with Crippen LogP contribution in [0.1, 0.15) is 33.1 Å². The predicted molar refractivity (Wildman–Crippen MR) is 60.7 cm³/mol. The standard InChI is InChI=1S/C12H22F3NO/c1-3-11(2,9-17)8-16-6-4-5-10(7-16)12(13,14)15/h10,17H,3-9H2,1-2H3. The number of hydrogen-bond donors (Lipinski definition) is 1. The molecule has 1 fully saturated rings. The lowest BCUT2D eigenvalue weighted by Crippen LogP contribution is -2.46. The van der Waals surface area contributed by atoms with Crippen LogP contribution < -0.4 is 0 Å². The van der Waals surface area contributed by atoms with Gasteiger partial charge in [-0.2, -0.15) is 13.2 Å². The number of halogens is 3.